The van der Waals surface area contributed by atoms with E-state index in [0.29, 0.717) is 40.5 Å². The second-order valence-corrected chi connectivity index (χ2v) is 9.20. The van der Waals surface area contributed by atoms with Gasteiger partial charge in [0, 0.05) is 41.6 Å². The SMILES string of the molecule is COc1ccc(-n2ncc(C(=O)N3CCN4C(=O)c5ccncc5C43c3ccc(Cl)cc3)c2C)cc1. The van der Waals surface area contributed by atoms with Gasteiger partial charge in [0.05, 0.1) is 35.8 Å². The van der Waals surface area contributed by atoms with Gasteiger partial charge in [-0.1, -0.05) is 23.7 Å². The zero-order valence-corrected chi connectivity index (χ0v) is 20.4. The minimum atomic E-state index is -1.11. The van der Waals surface area contributed by atoms with E-state index in [1.54, 1.807) is 58.4 Å². The standard InChI is InChI=1S/C27H22ClN5O3/c1-17-23(15-30-33(17)20-7-9-21(36-2)10-8-20)26(35)32-14-13-31-25(34)22-11-12-29-16-24(22)27(31,32)18-3-5-19(28)6-4-18/h3-12,15-16H,13-14H2,1-2H3. The van der Waals surface area contributed by atoms with Crippen LogP contribution in [0.5, 0.6) is 5.75 Å². The summed E-state index contributed by atoms with van der Waals surface area (Å²) in [7, 11) is 1.61. The second-order valence-electron chi connectivity index (χ2n) is 8.77. The minimum absolute atomic E-state index is 0.122. The molecule has 2 aromatic heterocycles. The summed E-state index contributed by atoms with van der Waals surface area (Å²) in [5.74, 6) is 0.401. The number of halogens is 1. The largest absolute Gasteiger partial charge is 0.497 e. The zero-order chi connectivity index (χ0) is 25.0. The molecule has 2 aliphatic heterocycles. The van der Waals surface area contributed by atoms with Gasteiger partial charge in [-0.05, 0) is 49.4 Å². The van der Waals surface area contributed by atoms with E-state index >= 15 is 0 Å². The Morgan fingerprint density at radius 2 is 1.78 bits per heavy atom. The Balaban J connectivity index is 1.48. The van der Waals surface area contributed by atoms with Crippen molar-refractivity contribution < 1.29 is 14.3 Å². The van der Waals surface area contributed by atoms with Gasteiger partial charge in [0.15, 0.2) is 5.66 Å². The van der Waals surface area contributed by atoms with Crippen molar-refractivity contribution in [1.82, 2.24) is 24.6 Å². The third kappa shape index (κ3) is 3.01. The van der Waals surface area contributed by atoms with E-state index in [9.17, 15) is 9.59 Å². The van der Waals surface area contributed by atoms with Gasteiger partial charge >= 0.3 is 0 Å². The molecule has 0 radical (unpaired) electrons. The average Bonchev–Trinajstić information content (AvgIpc) is 3.56. The lowest BCUT2D eigenvalue weighted by atomic mass is 9.90. The first kappa shape index (κ1) is 22.3. The lowest BCUT2D eigenvalue weighted by molar-refractivity contribution is 0.0374. The van der Waals surface area contributed by atoms with E-state index in [2.05, 4.69) is 10.1 Å². The van der Waals surface area contributed by atoms with Crippen LogP contribution in [-0.4, -0.2) is 56.6 Å². The molecule has 1 fully saturated rings. The number of hydrogen-bond donors (Lipinski definition) is 0. The normalized spacial score (nSPS) is 18.4. The third-order valence-electron chi connectivity index (χ3n) is 7.05. The Morgan fingerprint density at radius 1 is 1.03 bits per heavy atom. The molecule has 1 saturated heterocycles. The van der Waals surface area contributed by atoms with E-state index in [-0.39, 0.29) is 11.8 Å². The summed E-state index contributed by atoms with van der Waals surface area (Å²) in [5, 5.41) is 5.08. The maximum atomic E-state index is 14.2. The van der Waals surface area contributed by atoms with Crippen LogP contribution in [0.4, 0.5) is 0 Å². The van der Waals surface area contributed by atoms with Crippen LogP contribution >= 0.6 is 11.6 Å². The summed E-state index contributed by atoms with van der Waals surface area (Å²) in [6, 6.07) is 16.5. The monoisotopic (exact) mass is 499 g/mol. The van der Waals surface area contributed by atoms with Crippen molar-refractivity contribution in [3.63, 3.8) is 0 Å². The van der Waals surface area contributed by atoms with Gasteiger partial charge in [-0.25, -0.2) is 4.68 Å². The first-order valence-corrected chi connectivity index (χ1v) is 11.9. The first-order valence-electron chi connectivity index (χ1n) is 11.5. The molecule has 1 atom stereocenters. The number of nitrogens with zero attached hydrogens (tertiary/aromatic N) is 5. The number of ether oxygens (including phenoxy) is 1. The van der Waals surface area contributed by atoms with E-state index in [0.717, 1.165) is 17.0 Å². The fourth-order valence-electron chi connectivity index (χ4n) is 5.36. The number of rotatable bonds is 4. The van der Waals surface area contributed by atoms with Crippen molar-refractivity contribution >= 4 is 23.4 Å². The van der Waals surface area contributed by atoms with Gasteiger partial charge in [-0.3, -0.25) is 14.6 Å². The van der Waals surface area contributed by atoms with Crippen LogP contribution in [0.25, 0.3) is 5.69 Å². The highest BCUT2D eigenvalue weighted by atomic mass is 35.5. The molecule has 2 amide bonds. The summed E-state index contributed by atoms with van der Waals surface area (Å²) in [5.41, 5.74) is 2.87. The molecule has 0 N–H and O–H groups in total. The van der Waals surface area contributed by atoms with E-state index in [1.165, 1.54) is 0 Å². The molecule has 36 heavy (non-hydrogen) atoms. The van der Waals surface area contributed by atoms with Crippen molar-refractivity contribution in [1.29, 1.82) is 0 Å². The van der Waals surface area contributed by atoms with Crippen LogP contribution in [-0.2, 0) is 5.66 Å². The molecule has 0 saturated carbocycles. The van der Waals surface area contributed by atoms with Gasteiger partial charge in [-0.2, -0.15) is 5.10 Å². The Kier molecular flexibility index (Phi) is 5.08. The lowest BCUT2D eigenvalue weighted by Gasteiger charge is -2.40. The van der Waals surface area contributed by atoms with Crippen LogP contribution in [0.3, 0.4) is 0 Å². The van der Waals surface area contributed by atoms with Gasteiger partial charge in [0.1, 0.15) is 5.75 Å². The number of benzene rings is 2. The summed E-state index contributed by atoms with van der Waals surface area (Å²) >= 11 is 6.19. The maximum absolute atomic E-state index is 14.2. The number of pyridine rings is 1. The summed E-state index contributed by atoms with van der Waals surface area (Å²) < 4.78 is 6.98. The van der Waals surface area contributed by atoms with Crippen LogP contribution in [0.2, 0.25) is 5.02 Å². The second kappa shape index (κ2) is 8.20. The lowest BCUT2D eigenvalue weighted by Crippen LogP contribution is -2.51. The van der Waals surface area contributed by atoms with Crippen molar-refractivity contribution in [3.8, 4) is 11.4 Å². The predicted octanol–water partition coefficient (Wildman–Crippen LogP) is 4.05. The number of methoxy groups -OCH3 is 1. The number of hydrogen-bond acceptors (Lipinski definition) is 5. The molecule has 4 heterocycles. The number of carbonyl (C=O) groups excluding carboxylic acids is 2. The third-order valence-corrected chi connectivity index (χ3v) is 7.30. The Morgan fingerprint density at radius 3 is 2.50 bits per heavy atom. The maximum Gasteiger partial charge on any atom is 0.259 e. The minimum Gasteiger partial charge on any atom is -0.497 e. The Bertz CT molecular complexity index is 1500. The molecule has 180 valence electrons. The number of amides is 2. The average molecular weight is 500 g/mol. The molecule has 2 aliphatic rings. The molecule has 9 heteroatoms. The smallest absolute Gasteiger partial charge is 0.259 e. The highest BCUT2D eigenvalue weighted by Crippen LogP contribution is 2.50. The van der Waals surface area contributed by atoms with Crippen molar-refractivity contribution in [2.75, 3.05) is 20.2 Å². The molecule has 1 unspecified atom stereocenters. The fraction of sp³-hybridized carbons (Fsp3) is 0.185. The number of carbonyl (C=O) groups is 2. The molecule has 6 rings (SSSR count). The van der Waals surface area contributed by atoms with E-state index < -0.39 is 5.66 Å². The van der Waals surface area contributed by atoms with Crippen LogP contribution in [0.15, 0.2) is 73.2 Å². The highest BCUT2D eigenvalue weighted by molar-refractivity contribution is 6.30. The van der Waals surface area contributed by atoms with Crippen molar-refractivity contribution in [2.24, 2.45) is 0 Å². The van der Waals surface area contributed by atoms with Gasteiger partial charge in [0.25, 0.3) is 11.8 Å². The van der Waals surface area contributed by atoms with Gasteiger partial charge in [-0.15, -0.1) is 0 Å². The molecule has 2 aromatic carbocycles. The van der Waals surface area contributed by atoms with Gasteiger partial charge in [0.2, 0.25) is 0 Å². The van der Waals surface area contributed by atoms with Crippen molar-refractivity contribution in [3.05, 3.63) is 106 Å². The molecule has 4 aromatic rings. The molecular formula is C27H22ClN5O3. The van der Waals surface area contributed by atoms with Crippen LogP contribution in [0.1, 0.15) is 37.5 Å². The summed E-state index contributed by atoms with van der Waals surface area (Å²) in [4.78, 5) is 35.4. The summed E-state index contributed by atoms with van der Waals surface area (Å²) in [6.45, 7) is 2.63. The predicted molar refractivity (Wildman–Crippen MR) is 133 cm³/mol. The van der Waals surface area contributed by atoms with Crippen LogP contribution < -0.4 is 4.74 Å². The highest BCUT2D eigenvalue weighted by Gasteiger charge is 2.60. The quantitative estimate of drug-likeness (QED) is 0.423. The first-order chi connectivity index (χ1) is 17.5. The number of fused-ring (bicyclic) bond motifs is 3. The summed E-state index contributed by atoms with van der Waals surface area (Å²) in [6.07, 6.45) is 4.87. The van der Waals surface area contributed by atoms with Crippen molar-refractivity contribution in [2.45, 2.75) is 12.6 Å². The topological polar surface area (TPSA) is 80.6 Å². The Hall–Kier alpha value is -4.17. The van der Waals surface area contributed by atoms with E-state index in [1.807, 2.05) is 43.3 Å². The van der Waals surface area contributed by atoms with Gasteiger partial charge < -0.3 is 14.5 Å². The Labute approximate surface area is 212 Å². The number of aromatic nitrogens is 3. The molecule has 8 nitrogen and oxygen atoms in total. The van der Waals surface area contributed by atoms with Crippen LogP contribution in [0, 0.1) is 6.92 Å². The molecule has 0 bridgehead atoms. The van der Waals surface area contributed by atoms with E-state index in [4.69, 9.17) is 16.3 Å². The molecule has 0 aliphatic carbocycles. The fourth-order valence-corrected chi connectivity index (χ4v) is 5.49. The zero-order valence-electron chi connectivity index (χ0n) is 19.7. The molecule has 0 spiro atoms. The molecular weight excluding hydrogens is 478 g/mol.